The number of Topliss-reactive ketones (excluding diaryl/α,β-unsaturated/α-hetero) is 1. The third-order valence-electron chi connectivity index (χ3n) is 6.24. The van der Waals surface area contributed by atoms with Crippen molar-refractivity contribution in [2.75, 3.05) is 19.2 Å². The van der Waals surface area contributed by atoms with Crippen LogP contribution in [0.1, 0.15) is 50.1 Å². The molecule has 1 N–H and O–H groups in total. The Morgan fingerprint density at radius 2 is 2.06 bits per heavy atom. The van der Waals surface area contributed by atoms with Crippen molar-refractivity contribution < 1.29 is 30.6 Å². The Labute approximate surface area is 211 Å². The molecule has 1 aliphatic rings. The lowest BCUT2D eigenvalue weighted by atomic mass is 9.99. The molecule has 0 amide bonds. The lowest BCUT2D eigenvalue weighted by Gasteiger charge is -2.17. The highest BCUT2D eigenvalue weighted by atomic mass is 19.1. The molecule has 1 aliphatic carbocycles. The van der Waals surface area contributed by atoms with E-state index in [1.54, 1.807) is 19.2 Å². The summed E-state index contributed by atoms with van der Waals surface area (Å²) >= 11 is 0. The van der Waals surface area contributed by atoms with E-state index in [0.29, 0.717) is 41.0 Å². The van der Waals surface area contributed by atoms with Crippen molar-refractivity contribution in [3.63, 3.8) is 0 Å². The van der Waals surface area contributed by atoms with Crippen LogP contribution in [0.15, 0.2) is 43.2 Å². The summed E-state index contributed by atoms with van der Waals surface area (Å²) < 4.78 is 44.8. The van der Waals surface area contributed by atoms with Crippen LogP contribution in [0.3, 0.4) is 0 Å². The van der Waals surface area contributed by atoms with Crippen LogP contribution in [0, 0.1) is 18.6 Å². The molecule has 0 aliphatic heterocycles. The van der Waals surface area contributed by atoms with Crippen molar-refractivity contribution in [2.24, 2.45) is 0 Å². The first-order chi connectivity index (χ1) is 17.3. The quantitative estimate of drug-likeness (QED) is 0.278. The standard InChI is InChI=1S/C27H27F2N3O4.2H2/c1-5-19-21-9-18(12-30-25(21)10-26(19)33)35-13-22-15(2)24(7-6-23(22)29)32-14-36-16(3)20-8-17(28)11-31-27(20)34-4;;/h6-9,11-12,19,32H,3,5,10,13-14H2,1-2,4H3;2*1H. The summed E-state index contributed by atoms with van der Waals surface area (Å²) in [6, 6.07) is 5.99. The third kappa shape index (κ3) is 5.15. The molecule has 7 nitrogen and oxygen atoms in total. The number of benzene rings is 1. The normalized spacial score (nSPS) is 14.4. The molecule has 9 heteroatoms. The van der Waals surface area contributed by atoms with Gasteiger partial charge in [0, 0.05) is 26.4 Å². The number of ether oxygens (including phenoxy) is 3. The average molecular weight is 500 g/mol. The number of anilines is 1. The number of fused-ring (bicyclic) bond motifs is 1. The monoisotopic (exact) mass is 499 g/mol. The number of hydrogen-bond donors (Lipinski definition) is 1. The fourth-order valence-electron chi connectivity index (χ4n) is 4.24. The first-order valence-electron chi connectivity index (χ1n) is 11.5. The number of ketones is 1. The van der Waals surface area contributed by atoms with E-state index in [4.69, 9.17) is 14.2 Å². The van der Waals surface area contributed by atoms with Gasteiger partial charge in [0.05, 0.1) is 30.8 Å². The molecule has 3 aromatic rings. The lowest BCUT2D eigenvalue weighted by Crippen LogP contribution is -2.10. The minimum absolute atomic E-state index is 0. The first-order valence-corrected chi connectivity index (χ1v) is 11.5. The Kier molecular flexibility index (Phi) is 7.47. The van der Waals surface area contributed by atoms with E-state index in [-0.39, 0.29) is 39.5 Å². The second-order valence-corrected chi connectivity index (χ2v) is 8.40. The van der Waals surface area contributed by atoms with Crippen molar-refractivity contribution in [3.05, 3.63) is 82.8 Å². The summed E-state index contributed by atoms with van der Waals surface area (Å²) in [5.41, 5.74) is 3.61. The summed E-state index contributed by atoms with van der Waals surface area (Å²) in [5, 5.41) is 3.07. The molecule has 0 bridgehead atoms. The molecule has 36 heavy (non-hydrogen) atoms. The van der Waals surface area contributed by atoms with Gasteiger partial charge in [-0.15, -0.1) is 0 Å². The molecule has 0 radical (unpaired) electrons. The third-order valence-corrected chi connectivity index (χ3v) is 6.24. The number of halogens is 2. The molecule has 1 atom stereocenters. The van der Waals surface area contributed by atoms with Crippen molar-refractivity contribution in [2.45, 2.75) is 39.2 Å². The van der Waals surface area contributed by atoms with Gasteiger partial charge >= 0.3 is 0 Å². The fraction of sp³-hybridized carbons (Fsp3) is 0.296. The zero-order valence-corrected chi connectivity index (χ0v) is 20.4. The molecule has 4 rings (SSSR count). The Hall–Kier alpha value is -4.01. The van der Waals surface area contributed by atoms with Gasteiger partial charge < -0.3 is 19.5 Å². The summed E-state index contributed by atoms with van der Waals surface area (Å²) in [5.74, 6) is -0.115. The van der Waals surface area contributed by atoms with E-state index < -0.39 is 11.6 Å². The molecular weight excluding hydrogens is 468 g/mol. The van der Waals surface area contributed by atoms with Crippen LogP contribution in [0.4, 0.5) is 14.5 Å². The van der Waals surface area contributed by atoms with Crippen molar-refractivity contribution in [1.82, 2.24) is 9.97 Å². The second-order valence-electron chi connectivity index (χ2n) is 8.40. The SMILES string of the molecule is C=C(OCNc1ccc(F)c(COc2cnc3c(c2)C(CC)C(=O)C3)c1C)c1cc(F)cnc1OC.[HH].[HH]. The van der Waals surface area contributed by atoms with E-state index in [0.717, 1.165) is 17.5 Å². The Morgan fingerprint density at radius 3 is 2.81 bits per heavy atom. The molecule has 0 saturated carbocycles. The zero-order valence-electron chi connectivity index (χ0n) is 20.4. The summed E-state index contributed by atoms with van der Waals surface area (Å²) in [6.45, 7) is 7.52. The molecule has 0 spiro atoms. The van der Waals surface area contributed by atoms with Crippen molar-refractivity contribution in [3.8, 4) is 11.6 Å². The number of aromatic nitrogens is 2. The highest BCUT2D eigenvalue weighted by Crippen LogP contribution is 2.34. The summed E-state index contributed by atoms with van der Waals surface area (Å²) in [6.07, 6.45) is 3.65. The van der Waals surface area contributed by atoms with Gasteiger partial charge in [-0.25, -0.2) is 13.8 Å². The van der Waals surface area contributed by atoms with Crippen LogP contribution < -0.4 is 14.8 Å². The van der Waals surface area contributed by atoms with Crippen LogP contribution in [0.25, 0.3) is 5.76 Å². The molecular formula is C27H31F2N3O4. The predicted molar refractivity (Wildman–Crippen MR) is 135 cm³/mol. The molecule has 2 heterocycles. The van der Waals surface area contributed by atoms with Crippen LogP contribution in [-0.2, 0) is 22.6 Å². The smallest absolute Gasteiger partial charge is 0.224 e. The van der Waals surface area contributed by atoms with E-state index in [1.807, 2.05) is 13.0 Å². The number of carbonyl (C=O) groups is 1. The van der Waals surface area contributed by atoms with Gasteiger partial charge in [-0.3, -0.25) is 9.78 Å². The van der Waals surface area contributed by atoms with Crippen LogP contribution >= 0.6 is 0 Å². The summed E-state index contributed by atoms with van der Waals surface area (Å²) in [7, 11) is 1.42. The number of methoxy groups -OCH3 is 1. The number of carbonyl (C=O) groups excluding carboxylic acids is 1. The minimum atomic E-state index is -0.544. The second kappa shape index (κ2) is 10.7. The number of rotatable bonds is 10. The fourth-order valence-corrected chi connectivity index (χ4v) is 4.24. The van der Waals surface area contributed by atoms with Gasteiger partial charge in [-0.1, -0.05) is 13.5 Å². The average Bonchev–Trinajstić information content (AvgIpc) is 3.19. The number of nitrogens with one attached hydrogen (secondary N) is 1. The van der Waals surface area contributed by atoms with E-state index in [2.05, 4.69) is 21.9 Å². The largest absolute Gasteiger partial charge is 0.487 e. The van der Waals surface area contributed by atoms with E-state index >= 15 is 0 Å². The van der Waals surface area contributed by atoms with E-state index in [9.17, 15) is 13.6 Å². The van der Waals surface area contributed by atoms with Gasteiger partial charge in [0.15, 0.2) is 6.73 Å². The molecule has 1 unspecified atom stereocenters. The van der Waals surface area contributed by atoms with Crippen molar-refractivity contribution in [1.29, 1.82) is 0 Å². The van der Waals surface area contributed by atoms with Gasteiger partial charge in [-0.2, -0.15) is 0 Å². The number of pyridine rings is 2. The maximum absolute atomic E-state index is 14.6. The number of hydrogen-bond acceptors (Lipinski definition) is 7. The van der Waals surface area contributed by atoms with Crippen LogP contribution in [-0.4, -0.2) is 29.6 Å². The molecule has 1 aromatic carbocycles. The minimum Gasteiger partial charge on any atom is -0.487 e. The Morgan fingerprint density at radius 1 is 1.25 bits per heavy atom. The highest BCUT2D eigenvalue weighted by Gasteiger charge is 2.30. The Bertz CT molecular complexity index is 1320. The van der Waals surface area contributed by atoms with Crippen LogP contribution in [0.2, 0.25) is 0 Å². The zero-order chi connectivity index (χ0) is 25.8. The summed E-state index contributed by atoms with van der Waals surface area (Å²) in [4.78, 5) is 20.4. The predicted octanol–water partition coefficient (Wildman–Crippen LogP) is 5.82. The maximum atomic E-state index is 14.6. The molecule has 2 aromatic heterocycles. The maximum Gasteiger partial charge on any atom is 0.224 e. The van der Waals surface area contributed by atoms with Crippen molar-refractivity contribution >= 4 is 17.2 Å². The Balaban J connectivity index is 0.00000253. The molecule has 0 saturated heterocycles. The van der Waals surface area contributed by atoms with Gasteiger partial charge in [-0.05, 0) is 48.7 Å². The van der Waals surface area contributed by atoms with Gasteiger partial charge in [0.1, 0.15) is 35.5 Å². The molecule has 192 valence electrons. The van der Waals surface area contributed by atoms with Crippen LogP contribution in [0.5, 0.6) is 11.6 Å². The number of nitrogens with zero attached hydrogens (tertiary/aromatic N) is 2. The van der Waals surface area contributed by atoms with E-state index in [1.165, 1.54) is 19.2 Å². The topological polar surface area (TPSA) is 82.6 Å². The van der Waals surface area contributed by atoms with Gasteiger partial charge in [0.2, 0.25) is 5.88 Å². The lowest BCUT2D eigenvalue weighted by molar-refractivity contribution is -0.119. The molecule has 0 fully saturated rings. The first kappa shape index (κ1) is 25.1. The highest BCUT2D eigenvalue weighted by molar-refractivity contribution is 5.91. The van der Waals surface area contributed by atoms with Gasteiger partial charge in [0.25, 0.3) is 0 Å².